The van der Waals surface area contributed by atoms with Crippen molar-refractivity contribution in [1.82, 2.24) is 5.48 Å². The fourth-order valence-corrected chi connectivity index (χ4v) is 2.86. The number of halogens is 4. The highest BCUT2D eigenvalue weighted by molar-refractivity contribution is 14.1. The van der Waals surface area contributed by atoms with Gasteiger partial charge in [-0.2, -0.15) is 0 Å². The Labute approximate surface area is 168 Å². The van der Waals surface area contributed by atoms with E-state index in [4.69, 9.17) is 9.57 Å². The van der Waals surface area contributed by atoms with Gasteiger partial charge in [0.2, 0.25) is 0 Å². The van der Waals surface area contributed by atoms with Crippen LogP contribution in [0.4, 0.5) is 24.5 Å². The first-order valence-corrected chi connectivity index (χ1v) is 9.13. The second-order valence-electron chi connectivity index (χ2n) is 5.47. The molecule has 146 valence electrons. The Morgan fingerprint density at radius 3 is 2.56 bits per heavy atom. The SMILES string of the molecule is CCOCCONC(=O)c1cc(F)c(F)c(F)c1Nc1ccc(I)cc1C. The highest BCUT2D eigenvalue weighted by Gasteiger charge is 2.23. The van der Waals surface area contributed by atoms with E-state index in [1.807, 2.05) is 6.07 Å². The zero-order chi connectivity index (χ0) is 20.0. The van der Waals surface area contributed by atoms with Crippen LogP contribution in [-0.4, -0.2) is 25.7 Å². The Bertz CT molecular complexity index is 834. The number of hydrogen-bond acceptors (Lipinski definition) is 4. The summed E-state index contributed by atoms with van der Waals surface area (Å²) in [5, 5.41) is 2.67. The van der Waals surface area contributed by atoms with Crippen LogP contribution in [0.3, 0.4) is 0 Å². The lowest BCUT2D eigenvalue weighted by Gasteiger charge is -2.16. The third kappa shape index (κ3) is 5.56. The maximum atomic E-state index is 14.3. The molecule has 0 bridgehead atoms. The molecule has 2 aromatic carbocycles. The van der Waals surface area contributed by atoms with E-state index in [0.29, 0.717) is 18.4 Å². The van der Waals surface area contributed by atoms with Gasteiger partial charge in [-0.15, -0.1) is 0 Å². The Morgan fingerprint density at radius 1 is 1.15 bits per heavy atom. The van der Waals surface area contributed by atoms with Crippen molar-refractivity contribution in [3.63, 3.8) is 0 Å². The normalized spacial score (nSPS) is 10.7. The van der Waals surface area contributed by atoms with Crippen LogP contribution < -0.4 is 10.8 Å². The van der Waals surface area contributed by atoms with Crippen LogP contribution in [0.25, 0.3) is 0 Å². The van der Waals surface area contributed by atoms with Gasteiger partial charge in [0.25, 0.3) is 5.91 Å². The number of benzene rings is 2. The molecule has 0 unspecified atom stereocenters. The molecule has 5 nitrogen and oxygen atoms in total. The zero-order valence-electron chi connectivity index (χ0n) is 14.7. The summed E-state index contributed by atoms with van der Waals surface area (Å²) < 4.78 is 47.7. The third-order valence-corrected chi connectivity index (χ3v) is 4.22. The molecule has 0 saturated heterocycles. The molecule has 0 atom stereocenters. The van der Waals surface area contributed by atoms with Crippen molar-refractivity contribution in [3.05, 3.63) is 56.4 Å². The quantitative estimate of drug-likeness (QED) is 0.246. The van der Waals surface area contributed by atoms with E-state index >= 15 is 0 Å². The van der Waals surface area contributed by atoms with Crippen molar-refractivity contribution in [3.8, 4) is 0 Å². The van der Waals surface area contributed by atoms with Crippen LogP contribution in [0.5, 0.6) is 0 Å². The van der Waals surface area contributed by atoms with Gasteiger partial charge in [-0.05, 0) is 66.3 Å². The molecule has 1 amide bonds. The molecule has 2 aromatic rings. The first-order chi connectivity index (χ1) is 12.8. The number of carbonyl (C=O) groups excluding carboxylic acids is 1. The summed E-state index contributed by atoms with van der Waals surface area (Å²) in [6.45, 7) is 4.32. The topological polar surface area (TPSA) is 59.6 Å². The summed E-state index contributed by atoms with van der Waals surface area (Å²) in [5.74, 6) is -5.56. The summed E-state index contributed by atoms with van der Waals surface area (Å²) in [6, 6.07) is 5.84. The fraction of sp³-hybridized carbons (Fsp3) is 0.278. The lowest BCUT2D eigenvalue weighted by Crippen LogP contribution is -2.27. The van der Waals surface area contributed by atoms with Crippen molar-refractivity contribution in [2.24, 2.45) is 0 Å². The van der Waals surface area contributed by atoms with E-state index in [-0.39, 0.29) is 13.2 Å². The highest BCUT2D eigenvalue weighted by atomic mass is 127. The summed E-state index contributed by atoms with van der Waals surface area (Å²) in [7, 11) is 0. The summed E-state index contributed by atoms with van der Waals surface area (Å²) >= 11 is 2.11. The van der Waals surface area contributed by atoms with Gasteiger partial charge in [0, 0.05) is 15.9 Å². The van der Waals surface area contributed by atoms with Crippen LogP contribution in [0.15, 0.2) is 24.3 Å². The third-order valence-electron chi connectivity index (χ3n) is 3.55. The molecule has 0 radical (unpaired) electrons. The lowest BCUT2D eigenvalue weighted by atomic mass is 10.1. The number of hydrogen-bond donors (Lipinski definition) is 2. The van der Waals surface area contributed by atoms with Crippen molar-refractivity contribution in [2.75, 3.05) is 25.1 Å². The Morgan fingerprint density at radius 2 is 1.89 bits per heavy atom. The Hall–Kier alpha value is -1.85. The first-order valence-electron chi connectivity index (χ1n) is 8.05. The van der Waals surface area contributed by atoms with Gasteiger partial charge >= 0.3 is 0 Å². The molecule has 0 fully saturated rings. The number of carbonyl (C=O) groups is 1. The van der Waals surface area contributed by atoms with Crippen molar-refractivity contribution in [1.29, 1.82) is 0 Å². The molecule has 2 N–H and O–H groups in total. The predicted molar refractivity (Wildman–Crippen MR) is 103 cm³/mol. The first kappa shape index (κ1) is 21.5. The molecule has 0 aliphatic heterocycles. The highest BCUT2D eigenvalue weighted by Crippen LogP contribution is 2.30. The summed E-state index contributed by atoms with van der Waals surface area (Å²) in [5.41, 5.74) is 2.35. The van der Waals surface area contributed by atoms with Gasteiger partial charge < -0.3 is 10.1 Å². The zero-order valence-corrected chi connectivity index (χ0v) is 16.8. The van der Waals surface area contributed by atoms with Gasteiger partial charge in [-0.1, -0.05) is 0 Å². The molecule has 0 aromatic heterocycles. The number of rotatable bonds is 8. The van der Waals surface area contributed by atoms with Crippen LogP contribution in [0.2, 0.25) is 0 Å². The van der Waals surface area contributed by atoms with Gasteiger partial charge in [0.05, 0.1) is 24.5 Å². The number of aryl methyl sites for hydroxylation is 1. The molecule has 0 saturated carbocycles. The Balaban J connectivity index is 2.29. The number of hydroxylamine groups is 1. The predicted octanol–water partition coefficient (Wildman–Crippen LogP) is 4.46. The average molecular weight is 494 g/mol. The average Bonchev–Trinajstić information content (AvgIpc) is 2.63. The molecule has 0 heterocycles. The van der Waals surface area contributed by atoms with E-state index in [9.17, 15) is 18.0 Å². The second kappa shape index (κ2) is 9.90. The van der Waals surface area contributed by atoms with Gasteiger partial charge in [0.1, 0.15) is 0 Å². The fourth-order valence-electron chi connectivity index (χ4n) is 2.21. The smallest absolute Gasteiger partial charge is 0.277 e. The van der Waals surface area contributed by atoms with E-state index in [2.05, 4.69) is 33.4 Å². The van der Waals surface area contributed by atoms with Gasteiger partial charge in [-0.25, -0.2) is 18.7 Å². The summed E-state index contributed by atoms with van der Waals surface area (Å²) in [4.78, 5) is 17.2. The maximum absolute atomic E-state index is 14.3. The molecule has 9 heteroatoms. The molecule has 27 heavy (non-hydrogen) atoms. The van der Waals surface area contributed by atoms with Gasteiger partial charge in [0.15, 0.2) is 17.5 Å². The number of nitrogens with one attached hydrogen (secondary N) is 2. The van der Waals surface area contributed by atoms with E-state index in [1.54, 1.807) is 26.0 Å². The molecule has 0 aliphatic carbocycles. The molecule has 0 aliphatic rings. The van der Waals surface area contributed by atoms with E-state index in [0.717, 1.165) is 9.13 Å². The standard InChI is InChI=1S/C18H18F3IN2O3/c1-3-26-6-7-27-24-18(25)12-9-13(19)15(20)16(21)17(12)23-14-5-4-11(22)8-10(14)2/h4-5,8-9,23H,3,6-7H2,1-2H3,(H,24,25). The van der Waals surface area contributed by atoms with Gasteiger partial charge in [-0.3, -0.25) is 9.63 Å². The summed E-state index contributed by atoms with van der Waals surface area (Å²) in [6.07, 6.45) is 0. The van der Waals surface area contributed by atoms with Crippen molar-refractivity contribution in [2.45, 2.75) is 13.8 Å². The second-order valence-corrected chi connectivity index (χ2v) is 6.72. The molecular weight excluding hydrogens is 476 g/mol. The van der Waals surface area contributed by atoms with E-state index < -0.39 is 34.6 Å². The minimum Gasteiger partial charge on any atom is -0.379 e. The minimum absolute atomic E-state index is 0.0464. The molecule has 2 rings (SSSR count). The van der Waals surface area contributed by atoms with Crippen molar-refractivity contribution >= 4 is 39.9 Å². The lowest BCUT2D eigenvalue weighted by molar-refractivity contribution is 0.00166. The molecular formula is C18H18F3IN2O3. The van der Waals surface area contributed by atoms with Crippen LogP contribution in [0, 0.1) is 27.9 Å². The molecule has 0 spiro atoms. The monoisotopic (exact) mass is 494 g/mol. The van der Waals surface area contributed by atoms with Crippen LogP contribution >= 0.6 is 22.6 Å². The number of ether oxygens (including phenoxy) is 1. The maximum Gasteiger partial charge on any atom is 0.277 e. The largest absolute Gasteiger partial charge is 0.379 e. The van der Waals surface area contributed by atoms with E-state index in [1.165, 1.54) is 0 Å². The van der Waals surface area contributed by atoms with Crippen molar-refractivity contribution < 1.29 is 27.5 Å². The number of anilines is 2. The van der Waals surface area contributed by atoms with Crippen LogP contribution in [-0.2, 0) is 9.57 Å². The Kier molecular flexibility index (Phi) is 7.87. The van der Waals surface area contributed by atoms with Crippen LogP contribution in [0.1, 0.15) is 22.8 Å². The number of amides is 1. The minimum atomic E-state index is -1.67.